The van der Waals surface area contributed by atoms with Crippen molar-refractivity contribution in [2.45, 2.75) is 57.7 Å². The van der Waals surface area contributed by atoms with Gasteiger partial charge in [0.2, 0.25) is 5.91 Å². The number of thiophene rings is 2. The molecule has 1 amide bonds. The molecule has 2 aliphatic rings. The van der Waals surface area contributed by atoms with E-state index in [9.17, 15) is 9.59 Å². The fraction of sp³-hybridized carbons (Fsp3) is 0.435. The molecule has 33 heavy (non-hydrogen) atoms. The van der Waals surface area contributed by atoms with Crippen molar-refractivity contribution in [3.63, 3.8) is 0 Å². The van der Waals surface area contributed by atoms with Crippen LogP contribution in [0.15, 0.2) is 34.0 Å². The molecule has 0 radical (unpaired) electrons. The number of hydrogen-bond acceptors (Lipinski definition) is 7. The first kappa shape index (κ1) is 20.7. The minimum atomic E-state index is -0.162. The van der Waals surface area contributed by atoms with E-state index in [1.165, 1.54) is 28.7 Å². The normalized spacial score (nSPS) is 18.5. The lowest BCUT2D eigenvalue weighted by molar-refractivity contribution is -0.133. The zero-order valence-corrected chi connectivity index (χ0v) is 19.8. The van der Waals surface area contributed by atoms with Gasteiger partial charge in [-0.3, -0.25) is 14.2 Å². The Hall–Kier alpha value is -2.85. The van der Waals surface area contributed by atoms with Crippen molar-refractivity contribution in [1.82, 2.24) is 29.2 Å². The van der Waals surface area contributed by atoms with E-state index in [4.69, 9.17) is 0 Å². The van der Waals surface area contributed by atoms with Gasteiger partial charge >= 0.3 is 0 Å². The Kier molecular flexibility index (Phi) is 5.34. The van der Waals surface area contributed by atoms with Crippen molar-refractivity contribution in [1.29, 1.82) is 0 Å². The molecule has 6 heterocycles. The molecule has 6 rings (SSSR count). The Labute approximate surface area is 198 Å². The molecule has 0 aromatic carbocycles. The maximum atomic E-state index is 13.4. The lowest BCUT2D eigenvalue weighted by Gasteiger charge is -2.25. The van der Waals surface area contributed by atoms with Gasteiger partial charge < -0.3 is 9.47 Å². The lowest BCUT2D eigenvalue weighted by Crippen LogP contribution is -2.37. The van der Waals surface area contributed by atoms with Crippen molar-refractivity contribution >= 4 is 38.8 Å². The standard InChI is InChI=1S/C23H24N6O2S2/c30-19(28-10-4-6-16(28)21-26-25-18-8-2-1-3-9-29(18)21)12-27-14-24-22-20(23(27)31)15(13-33-22)17-7-5-11-32-17/h5,7,11,13-14,16H,1-4,6,8-10,12H2. The maximum Gasteiger partial charge on any atom is 0.263 e. The smallest absolute Gasteiger partial charge is 0.263 e. The van der Waals surface area contributed by atoms with Crippen molar-refractivity contribution in [2.75, 3.05) is 6.54 Å². The first-order chi connectivity index (χ1) is 16.2. The summed E-state index contributed by atoms with van der Waals surface area (Å²) in [5, 5.41) is 13.5. The van der Waals surface area contributed by atoms with Crippen LogP contribution in [0.25, 0.3) is 20.7 Å². The predicted octanol–water partition coefficient (Wildman–Crippen LogP) is 3.87. The van der Waals surface area contributed by atoms with Gasteiger partial charge in [-0.15, -0.1) is 32.9 Å². The zero-order chi connectivity index (χ0) is 22.4. The molecule has 0 saturated carbocycles. The first-order valence-electron chi connectivity index (χ1n) is 11.4. The molecule has 4 aromatic heterocycles. The van der Waals surface area contributed by atoms with Crippen LogP contribution in [-0.4, -0.2) is 41.7 Å². The van der Waals surface area contributed by atoms with Crippen LogP contribution in [0, 0.1) is 0 Å². The molecular formula is C23H24N6O2S2. The van der Waals surface area contributed by atoms with E-state index < -0.39 is 0 Å². The van der Waals surface area contributed by atoms with Crippen molar-refractivity contribution < 1.29 is 4.79 Å². The van der Waals surface area contributed by atoms with E-state index in [2.05, 4.69) is 19.7 Å². The second-order valence-electron chi connectivity index (χ2n) is 8.67. The highest BCUT2D eigenvalue weighted by Crippen LogP contribution is 2.34. The van der Waals surface area contributed by atoms with E-state index in [0.717, 1.165) is 60.7 Å². The average molecular weight is 481 g/mol. The number of nitrogens with zero attached hydrogens (tertiary/aromatic N) is 6. The van der Waals surface area contributed by atoms with Gasteiger partial charge in [0.15, 0.2) is 5.82 Å². The highest BCUT2D eigenvalue weighted by Gasteiger charge is 2.34. The Balaban J connectivity index is 1.29. The van der Waals surface area contributed by atoms with E-state index in [0.29, 0.717) is 16.8 Å². The molecule has 8 nitrogen and oxygen atoms in total. The van der Waals surface area contributed by atoms with Crippen molar-refractivity contribution in [2.24, 2.45) is 0 Å². The molecule has 2 aliphatic heterocycles. The second-order valence-corrected chi connectivity index (χ2v) is 10.5. The minimum absolute atomic E-state index is 0.0149. The molecule has 1 fully saturated rings. The average Bonchev–Trinajstić information content (AvgIpc) is 3.60. The summed E-state index contributed by atoms with van der Waals surface area (Å²) < 4.78 is 3.68. The number of carbonyl (C=O) groups is 1. The summed E-state index contributed by atoms with van der Waals surface area (Å²) in [5.41, 5.74) is 0.736. The van der Waals surface area contributed by atoms with E-state index in [-0.39, 0.29) is 24.1 Å². The van der Waals surface area contributed by atoms with Gasteiger partial charge in [-0.1, -0.05) is 12.5 Å². The van der Waals surface area contributed by atoms with Crippen LogP contribution in [0.5, 0.6) is 0 Å². The van der Waals surface area contributed by atoms with Gasteiger partial charge in [0.05, 0.1) is 17.8 Å². The molecule has 4 aromatic rings. The van der Waals surface area contributed by atoms with Crippen molar-refractivity contribution in [3.8, 4) is 10.4 Å². The van der Waals surface area contributed by atoms with E-state index >= 15 is 0 Å². The molecule has 0 bridgehead atoms. The fourth-order valence-electron chi connectivity index (χ4n) is 5.02. The first-order valence-corrected chi connectivity index (χ1v) is 13.2. The van der Waals surface area contributed by atoms with Gasteiger partial charge in [-0.2, -0.15) is 0 Å². The van der Waals surface area contributed by atoms with Crippen LogP contribution in [0.1, 0.15) is 49.8 Å². The van der Waals surface area contributed by atoms with E-state index in [1.54, 1.807) is 11.3 Å². The van der Waals surface area contributed by atoms with Crippen LogP contribution in [0.2, 0.25) is 0 Å². The number of hydrogen-bond donors (Lipinski definition) is 0. The summed E-state index contributed by atoms with van der Waals surface area (Å²) in [4.78, 5) is 34.8. The second kappa shape index (κ2) is 8.49. The van der Waals surface area contributed by atoms with Gasteiger partial charge in [0.1, 0.15) is 17.2 Å². The quantitative estimate of drug-likeness (QED) is 0.443. The Morgan fingerprint density at radius 2 is 2.06 bits per heavy atom. The van der Waals surface area contributed by atoms with Crippen LogP contribution in [0.4, 0.5) is 0 Å². The Bertz CT molecular complexity index is 1370. The summed E-state index contributed by atoms with van der Waals surface area (Å²) in [6.07, 6.45) is 7.71. The van der Waals surface area contributed by atoms with Gasteiger partial charge in [-0.05, 0) is 37.1 Å². The van der Waals surface area contributed by atoms with Crippen LogP contribution >= 0.6 is 22.7 Å². The van der Waals surface area contributed by atoms with Gasteiger partial charge in [0.25, 0.3) is 5.56 Å². The summed E-state index contributed by atoms with van der Waals surface area (Å²) in [7, 11) is 0. The third-order valence-electron chi connectivity index (χ3n) is 6.66. The number of amides is 1. The predicted molar refractivity (Wildman–Crippen MR) is 128 cm³/mol. The number of likely N-dealkylation sites (tertiary alicyclic amines) is 1. The largest absolute Gasteiger partial charge is 0.331 e. The number of aromatic nitrogens is 5. The van der Waals surface area contributed by atoms with Crippen LogP contribution in [-0.2, 0) is 24.3 Å². The summed E-state index contributed by atoms with van der Waals surface area (Å²) in [6.45, 7) is 1.58. The molecule has 1 saturated heterocycles. The van der Waals surface area contributed by atoms with Gasteiger partial charge in [0, 0.05) is 35.3 Å². The molecule has 170 valence electrons. The van der Waals surface area contributed by atoms with Crippen molar-refractivity contribution in [3.05, 3.63) is 51.2 Å². The fourth-order valence-corrected chi connectivity index (χ4v) is 6.74. The summed E-state index contributed by atoms with van der Waals surface area (Å²) in [6, 6.07) is 3.90. The maximum absolute atomic E-state index is 13.4. The summed E-state index contributed by atoms with van der Waals surface area (Å²) in [5.74, 6) is 1.86. The monoisotopic (exact) mass is 480 g/mol. The Morgan fingerprint density at radius 3 is 2.94 bits per heavy atom. The van der Waals surface area contributed by atoms with Crippen LogP contribution in [0.3, 0.4) is 0 Å². The van der Waals surface area contributed by atoms with Crippen LogP contribution < -0.4 is 5.56 Å². The SMILES string of the molecule is O=C(Cn1cnc2scc(-c3cccs3)c2c1=O)N1CCCC1c1nnc2n1CCCCC2. The zero-order valence-electron chi connectivity index (χ0n) is 18.1. The summed E-state index contributed by atoms with van der Waals surface area (Å²) >= 11 is 3.06. The molecule has 0 aliphatic carbocycles. The number of aryl methyl sites for hydroxylation is 1. The molecule has 0 spiro atoms. The number of rotatable bonds is 4. The highest BCUT2D eigenvalue weighted by molar-refractivity contribution is 7.18. The Morgan fingerprint density at radius 1 is 1.12 bits per heavy atom. The van der Waals surface area contributed by atoms with Gasteiger partial charge in [-0.25, -0.2) is 4.98 Å². The highest BCUT2D eigenvalue weighted by atomic mass is 32.1. The minimum Gasteiger partial charge on any atom is -0.331 e. The molecule has 1 unspecified atom stereocenters. The molecular weight excluding hydrogens is 456 g/mol. The third-order valence-corrected chi connectivity index (χ3v) is 8.45. The van der Waals surface area contributed by atoms with E-state index in [1.807, 2.05) is 27.8 Å². The lowest BCUT2D eigenvalue weighted by atomic mass is 10.2. The molecule has 1 atom stereocenters. The molecule has 10 heteroatoms. The topological polar surface area (TPSA) is 85.9 Å². The number of carbonyl (C=O) groups excluding carboxylic acids is 1. The molecule has 0 N–H and O–H groups in total. The third kappa shape index (κ3) is 3.61. The number of fused-ring (bicyclic) bond motifs is 2.